The number of allylic oxidation sites excluding steroid dienone is 1. The van der Waals surface area contributed by atoms with E-state index in [1.807, 2.05) is 48.5 Å². The summed E-state index contributed by atoms with van der Waals surface area (Å²) in [5, 5.41) is 10.6. The van der Waals surface area contributed by atoms with Crippen molar-refractivity contribution >= 4 is 21.4 Å². The normalized spacial score (nSPS) is 17.0. The Balaban J connectivity index is 2.02. The van der Waals surface area contributed by atoms with Gasteiger partial charge in [0.2, 0.25) is 5.88 Å². The molecule has 4 rings (SSSR count). The van der Waals surface area contributed by atoms with Crippen molar-refractivity contribution in [3.05, 3.63) is 76.5 Å². The van der Waals surface area contributed by atoms with Crippen LogP contribution in [0.15, 0.2) is 66.1 Å². The molecule has 0 amide bonds. The zero-order chi connectivity index (χ0) is 15.1. The van der Waals surface area contributed by atoms with Crippen molar-refractivity contribution in [3.8, 4) is 11.8 Å². The third-order valence-electron chi connectivity index (χ3n) is 3.86. The molecule has 3 nitrogen and oxygen atoms in total. The van der Waals surface area contributed by atoms with Gasteiger partial charge < -0.3 is 10.5 Å². The lowest BCUT2D eigenvalue weighted by Crippen LogP contribution is -2.19. The molecule has 0 fully saturated rings. The number of nitrogens with zero attached hydrogens (tertiary/aromatic N) is 1. The first kappa shape index (κ1) is 12.9. The van der Waals surface area contributed by atoms with E-state index in [9.17, 15) is 5.26 Å². The lowest BCUT2D eigenvalue weighted by atomic mass is 9.88. The fourth-order valence-electron chi connectivity index (χ4n) is 2.86. The Morgan fingerprint density at radius 3 is 2.55 bits per heavy atom. The summed E-state index contributed by atoms with van der Waals surface area (Å²) >= 11 is 1.66. The summed E-state index contributed by atoms with van der Waals surface area (Å²) in [6.45, 7) is 0. The second-order valence-electron chi connectivity index (χ2n) is 5.13. The predicted molar refractivity (Wildman–Crippen MR) is 87.6 cm³/mol. The van der Waals surface area contributed by atoms with Gasteiger partial charge in [-0.1, -0.05) is 42.5 Å². The minimum Gasteiger partial charge on any atom is -0.439 e. The lowest BCUT2D eigenvalue weighted by molar-refractivity contribution is 0.401. The van der Waals surface area contributed by atoms with Gasteiger partial charge in [0.25, 0.3) is 0 Å². The van der Waals surface area contributed by atoms with E-state index in [0.717, 1.165) is 26.3 Å². The van der Waals surface area contributed by atoms with E-state index in [2.05, 4.69) is 12.1 Å². The van der Waals surface area contributed by atoms with Gasteiger partial charge in [0.05, 0.1) is 10.8 Å². The third kappa shape index (κ3) is 1.80. The Morgan fingerprint density at radius 2 is 1.77 bits per heavy atom. The second kappa shape index (κ2) is 4.90. The first-order chi connectivity index (χ1) is 10.8. The van der Waals surface area contributed by atoms with E-state index in [-0.39, 0.29) is 11.8 Å². The van der Waals surface area contributed by atoms with E-state index in [1.54, 1.807) is 11.3 Å². The minimum atomic E-state index is -0.160. The van der Waals surface area contributed by atoms with Crippen LogP contribution in [0.1, 0.15) is 16.4 Å². The van der Waals surface area contributed by atoms with Gasteiger partial charge in [0, 0.05) is 10.1 Å². The number of nitrogens with two attached hydrogens (primary N) is 1. The van der Waals surface area contributed by atoms with Gasteiger partial charge in [0.15, 0.2) is 5.75 Å². The SMILES string of the molecule is N#CC1=C(N)Oc2c(sc3ccccc23)[C@H]1c1ccccc1. The monoisotopic (exact) mass is 304 g/mol. The van der Waals surface area contributed by atoms with Gasteiger partial charge >= 0.3 is 0 Å². The number of ether oxygens (including phenoxy) is 1. The van der Waals surface area contributed by atoms with Crippen LogP contribution >= 0.6 is 11.3 Å². The van der Waals surface area contributed by atoms with Crippen molar-refractivity contribution in [2.45, 2.75) is 5.92 Å². The molecular weight excluding hydrogens is 292 g/mol. The smallest absolute Gasteiger partial charge is 0.205 e. The van der Waals surface area contributed by atoms with Crippen molar-refractivity contribution in [2.24, 2.45) is 5.73 Å². The Morgan fingerprint density at radius 1 is 1.05 bits per heavy atom. The molecule has 0 saturated heterocycles. The van der Waals surface area contributed by atoms with Gasteiger partial charge in [-0.3, -0.25) is 0 Å². The summed E-state index contributed by atoms with van der Waals surface area (Å²) in [4.78, 5) is 1.04. The van der Waals surface area contributed by atoms with Crippen molar-refractivity contribution in [2.75, 3.05) is 0 Å². The van der Waals surface area contributed by atoms with E-state index in [4.69, 9.17) is 10.5 Å². The van der Waals surface area contributed by atoms with Gasteiger partial charge in [-0.15, -0.1) is 11.3 Å². The zero-order valence-electron chi connectivity index (χ0n) is 11.6. The van der Waals surface area contributed by atoms with Crippen LogP contribution in [0.2, 0.25) is 0 Å². The van der Waals surface area contributed by atoms with Crippen LogP contribution in [-0.4, -0.2) is 0 Å². The molecule has 106 valence electrons. The van der Waals surface area contributed by atoms with Crippen LogP contribution in [0.3, 0.4) is 0 Å². The molecule has 0 saturated carbocycles. The average Bonchev–Trinajstić information content (AvgIpc) is 2.92. The second-order valence-corrected chi connectivity index (χ2v) is 6.21. The Hall–Kier alpha value is -2.77. The number of thiophene rings is 1. The fraction of sp³-hybridized carbons (Fsp3) is 0.0556. The number of hydrogen-bond donors (Lipinski definition) is 1. The number of rotatable bonds is 1. The number of benzene rings is 2. The van der Waals surface area contributed by atoms with Crippen LogP contribution < -0.4 is 10.5 Å². The van der Waals surface area contributed by atoms with Gasteiger partial charge in [-0.05, 0) is 17.7 Å². The molecule has 1 aromatic heterocycles. The quantitative estimate of drug-likeness (QED) is 0.735. The Kier molecular flexibility index (Phi) is 2.88. The van der Waals surface area contributed by atoms with Crippen LogP contribution in [0.4, 0.5) is 0 Å². The molecule has 22 heavy (non-hydrogen) atoms. The maximum absolute atomic E-state index is 9.53. The Bertz CT molecular complexity index is 935. The van der Waals surface area contributed by atoms with E-state index in [0.29, 0.717) is 5.57 Å². The number of fused-ring (bicyclic) bond motifs is 3. The van der Waals surface area contributed by atoms with Crippen molar-refractivity contribution < 1.29 is 4.74 Å². The molecule has 1 aliphatic rings. The highest BCUT2D eigenvalue weighted by Gasteiger charge is 2.33. The molecule has 4 heteroatoms. The molecule has 0 aliphatic carbocycles. The first-order valence-corrected chi connectivity index (χ1v) is 7.75. The molecule has 1 aliphatic heterocycles. The Labute approximate surface area is 131 Å². The fourth-order valence-corrected chi connectivity index (χ4v) is 4.13. The summed E-state index contributed by atoms with van der Waals surface area (Å²) < 4.78 is 6.92. The average molecular weight is 304 g/mol. The molecule has 2 N–H and O–H groups in total. The van der Waals surface area contributed by atoms with Gasteiger partial charge in [-0.25, -0.2) is 0 Å². The summed E-state index contributed by atoms with van der Waals surface area (Å²) in [6.07, 6.45) is 0. The van der Waals surface area contributed by atoms with Crippen molar-refractivity contribution in [3.63, 3.8) is 0 Å². The van der Waals surface area contributed by atoms with Crippen LogP contribution in [0, 0.1) is 11.3 Å². The predicted octanol–water partition coefficient (Wildman–Crippen LogP) is 4.12. The maximum atomic E-state index is 9.53. The van der Waals surface area contributed by atoms with Crippen LogP contribution in [0.5, 0.6) is 5.75 Å². The number of hydrogen-bond acceptors (Lipinski definition) is 4. The summed E-state index contributed by atoms with van der Waals surface area (Å²) in [7, 11) is 0. The summed E-state index contributed by atoms with van der Waals surface area (Å²) in [5.41, 5.74) is 7.55. The van der Waals surface area contributed by atoms with E-state index >= 15 is 0 Å². The molecule has 3 aromatic rings. The standard InChI is InChI=1S/C18H12N2OS/c19-10-13-15(11-6-2-1-3-7-11)17-16(21-18(13)20)12-8-4-5-9-14(12)22-17/h1-9,15H,20H2/t15-/m0/s1. The van der Waals surface area contributed by atoms with E-state index < -0.39 is 0 Å². The molecule has 0 bridgehead atoms. The van der Waals surface area contributed by atoms with E-state index in [1.165, 1.54) is 0 Å². The van der Waals surface area contributed by atoms with Crippen molar-refractivity contribution in [1.82, 2.24) is 0 Å². The molecule has 2 heterocycles. The summed E-state index contributed by atoms with van der Waals surface area (Å²) in [5.74, 6) is 0.825. The van der Waals surface area contributed by atoms with Crippen molar-refractivity contribution in [1.29, 1.82) is 5.26 Å². The lowest BCUT2D eigenvalue weighted by Gasteiger charge is -2.23. The van der Waals surface area contributed by atoms with Crippen LogP contribution in [0.25, 0.3) is 10.1 Å². The number of nitriles is 1. The summed E-state index contributed by atoms with van der Waals surface area (Å²) in [6, 6.07) is 20.3. The maximum Gasteiger partial charge on any atom is 0.205 e. The van der Waals surface area contributed by atoms with Crippen LogP contribution in [-0.2, 0) is 0 Å². The minimum absolute atomic E-state index is 0.160. The zero-order valence-corrected chi connectivity index (χ0v) is 12.4. The molecule has 0 spiro atoms. The highest BCUT2D eigenvalue weighted by Crippen LogP contribution is 2.50. The molecular formula is C18H12N2OS. The third-order valence-corrected chi connectivity index (χ3v) is 5.07. The molecule has 0 radical (unpaired) electrons. The molecule has 2 aromatic carbocycles. The topological polar surface area (TPSA) is 59.0 Å². The molecule has 1 atom stereocenters. The largest absolute Gasteiger partial charge is 0.439 e. The molecule has 0 unspecified atom stereocenters. The highest BCUT2D eigenvalue weighted by atomic mass is 32.1. The first-order valence-electron chi connectivity index (χ1n) is 6.93. The van der Waals surface area contributed by atoms with Gasteiger partial charge in [-0.2, -0.15) is 5.26 Å². The highest BCUT2D eigenvalue weighted by molar-refractivity contribution is 7.19. The van der Waals surface area contributed by atoms with Gasteiger partial charge in [0.1, 0.15) is 11.6 Å².